The largest absolute Gasteiger partial charge is 0.472 e. The first kappa shape index (κ1) is 99.1. The number of carbonyl (C=O) groups is 4. The molecular formula is C82H160O17P2. The third-order valence-electron chi connectivity index (χ3n) is 19.4. The van der Waals surface area contributed by atoms with Gasteiger partial charge in [0.1, 0.15) is 19.3 Å². The smallest absolute Gasteiger partial charge is 0.462 e. The van der Waals surface area contributed by atoms with Crippen LogP contribution in [0.5, 0.6) is 0 Å². The molecule has 0 saturated heterocycles. The van der Waals surface area contributed by atoms with E-state index >= 15 is 0 Å². The lowest BCUT2D eigenvalue weighted by molar-refractivity contribution is -0.161. The summed E-state index contributed by atoms with van der Waals surface area (Å²) in [5.74, 6) is -2.11. The van der Waals surface area contributed by atoms with E-state index in [2.05, 4.69) is 27.7 Å². The fourth-order valence-electron chi connectivity index (χ4n) is 12.8. The Bertz CT molecular complexity index is 1910. The number of phosphoric acid groups is 2. The van der Waals surface area contributed by atoms with Gasteiger partial charge in [-0.05, 0) is 25.7 Å². The average Bonchev–Trinajstić information content (AvgIpc) is 0.948. The van der Waals surface area contributed by atoms with Gasteiger partial charge in [-0.1, -0.05) is 394 Å². The number of ether oxygens (including phenoxy) is 4. The van der Waals surface area contributed by atoms with Crippen molar-refractivity contribution < 1.29 is 80.2 Å². The molecule has 0 aromatic rings. The van der Waals surface area contributed by atoms with Gasteiger partial charge in [-0.3, -0.25) is 37.3 Å². The Kier molecular flexibility index (Phi) is 74.8. The molecule has 2 unspecified atom stereocenters. The zero-order chi connectivity index (χ0) is 73.9. The van der Waals surface area contributed by atoms with E-state index in [9.17, 15) is 43.2 Å². The van der Waals surface area contributed by atoms with Gasteiger partial charge in [0, 0.05) is 25.7 Å². The predicted octanol–water partition coefficient (Wildman–Crippen LogP) is 25.0. The Hall–Kier alpha value is -1.94. The summed E-state index contributed by atoms with van der Waals surface area (Å²) >= 11 is 0. The topological polar surface area (TPSA) is 237 Å². The first-order valence-corrected chi connectivity index (χ1v) is 45.8. The van der Waals surface area contributed by atoms with E-state index in [1.807, 2.05) is 0 Å². The fourth-order valence-corrected chi connectivity index (χ4v) is 14.4. The third kappa shape index (κ3) is 76.1. The number of phosphoric ester groups is 2. The fraction of sp³-hybridized carbons (Fsp3) is 0.951. The molecule has 3 N–H and O–H groups in total. The quantitative estimate of drug-likeness (QED) is 0.0222. The summed E-state index contributed by atoms with van der Waals surface area (Å²) in [4.78, 5) is 72.9. The lowest BCUT2D eigenvalue weighted by atomic mass is 10.0. The maximum Gasteiger partial charge on any atom is 0.472 e. The molecule has 600 valence electrons. The molecule has 0 bridgehead atoms. The van der Waals surface area contributed by atoms with Crippen LogP contribution < -0.4 is 0 Å². The van der Waals surface area contributed by atoms with Crippen molar-refractivity contribution in [1.29, 1.82) is 0 Å². The number of rotatable bonds is 83. The number of aliphatic hydroxyl groups excluding tert-OH is 1. The van der Waals surface area contributed by atoms with Crippen molar-refractivity contribution >= 4 is 39.5 Å². The number of hydrogen-bond donors (Lipinski definition) is 3. The Morgan fingerprint density at radius 2 is 0.396 bits per heavy atom. The molecule has 0 amide bonds. The molecule has 17 nitrogen and oxygen atoms in total. The van der Waals surface area contributed by atoms with Crippen LogP contribution in [0.3, 0.4) is 0 Å². The molecule has 0 fully saturated rings. The van der Waals surface area contributed by atoms with E-state index in [-0.39, 0.29) is 25.7 Å². The Labute approximate surface area is 619 Å². The molecule has 0 aliphatic carbocycles. The minimum atomic E-state index is -4.96. The minimum absolute atomic E-state index is 0.108. The third-order valence-corrected chi connectivity index (χ3v) is 21.3. The van der Waals surface area contributed by atoms with Crippen molar-refractivity contribution in [1.82, 2.24) is 0 Å². The maximum absolute atomic E-state index is 13.1. The van der Waals surface area contributed by atoms with Gasteiger partial charge in [0.25, 0.3) is 0 Å². The van der Waals surface area contributed by atoms with Crippen LogP contribution in [0, 0.1) is 0 Å². The molecular weight excluding hydrogens is 1320 g/mol. The summed E-state index contributed by atoms with van der Waals surface area (Å²) in [6, 6.07) is 0. The van der Waals surface area contributed by atoms with Gasteiger partial charge in [0.05, 0.1) is 26.4 Å². The molecule has 0 heterocycles. The number of hydrogen-bond acceptors (Lipinski definition) is 15. The highest BCUT2D eigenvalue weighted by molar-refractivity contribution is 7.47. The zero-order valence-electron chi connectivity index (χ0n) is 65.9. The van der Waals surface area contributed by atoms with Crippen LogP contribution in [0.2, 0.25) is 0 Å². The zero-order valence-corrected chi connectivity index (χ0v) is 67.7. The van der Waals surface area contributed by atoms with Gasteiger partial charge >= 0.3 is 39.5 Å². The monoisotopic (exact) mass is 1480 g/mol. The molecule has 0 aromatic carbocycles. The van der Waals surface area contributed by atoms with Crippen LogP contribution in [0.4, 0.5) is 0 Å². The van der Waals surface area contributed by atoms with Gasteiger partial charge in [0.2, 0.25) is 0 Å². The maximum atomic E-state index is 13.1. The Balaban J connectivity index is 5.15. The number of carbonyl (C=O) groups excluding carboxylic acids is 4. The molecule has 0 saturated carbocycles. The number of aliphatic hydroxyl groups is 1. The van der Waals surface area contributed by atoms with Gasteiger partial charge in [0.15, 0.2) is 12.2 Å². The van der Waals surface area contributed by atoms with Gasteiger partial charge in [-0.2, -0.15) is 0 Å². The van der Waals surface area contributed by atoms with Gasteiger partial charge in [-0.15, -0.1) is 0 Å². The summed E-state index contributed by atoms with van der Waals surface area (Å²) in [5.41, 5.74) is 0. The molecule has 0 aliphatic heterocycles. The second-order valence-electron chi connectivity index (χ2n) is 29.5. The van der Waals surface area contributed by atoms with Crippen molar-refractivity contribution in [2.24, 2.45) is 0 Å². The van der Waals surface area contributed by atoms with E-state index < -0.39 is 97.5 Å². The van der Waals surface area contributed by atoms with Crippen LogP contribution in [0.15, 0.2) is 0 Å². The molecule has 0 aromatic heterocycles. The van der Waals surface area contributed by atoms with Crippen molar-refractivity contribution in [3.8, 4) is 0 Å². The lowest BCUT2D eigenvalue weighted by Crippen LogP contribution is -2.30. The van der Waals surface area contributed by atoms with E-state index in [1.165, 1.54) is 263 Å². The van der Waals surface area contributed by atoms with Crippen LogP contribution in [-0.4, -0.2) is 96.7 Å². The average molecular weight is 1480 g/mol. The summed E-state index contributed by atoms with van der Waals surface area (Å²) in [6.07, 6.45) is 69.7. The highest BCUT2D eigenvalue weighted by Crippen LogP contribution is 2.45. The summed E-state index contributed by atoms with van der Waals surface area (Å²) in [7, 11) is -9.91. The van der Waals surface area contributed by atoms with E-state index in [1.54, 1.807) is 0 Å². The van der Waals surface area contributed by atoms with Crippen LogP contribution in [-0.2, 0) is 65.4 Å². The van der Waals surface area contributed by atoms with Crippen LogP contribution >= 0.6 is 15.6 Å². The molecule has 101 heavy (non-hydrogen) atoms. The van der Waals surface area contributed by atoms with E-state index in [0.717, 1.165) is 103 Å². The van der Waals surface area contributed by atoms with Gasteiger partial charge in [-0.25, -0.2) is 9.13 Å². The second kappa shape index (κ2) is 76.3. The second-order valence-corrected chi connectivity index (χ2v) is 32.4. The van der Waals surface area contributed by atoms with Gasteiger partial charge < -0.3 is 33.8 Å². The molecule has 0 spiro atoms. The molecule has 5 atom stereocenters. The van der Waals surface area contributed by atoms with Crippen molar-refractivity contribution in [2.45, 2.75) is 463 Å². The highest BCUT2D eigenvalue weighted by Gasteiger charge is 2.30. The van der Waals surface area contributed by atoms with Crippen molar-refractivity contribution in [3.63, 3.8) is 0 Å². The summed E-state index contributed by atoms with van der Waals surface area (Å²) in [6.45, 7) is 4.98. The molecule has 0 rings (SSSR count). The van der Waals surface area contributed by atoms with Crippen LogP contribution in [0.1, 0.15) is 445 Å². The van der Waals surface area contributed by atoms with E-state index in [4.69, 9.17) is 37.0 Å². The lowest BCUT2D eigenvalue weighted by Gasteiger charge is -2.21. The minimum Gasteiger partial charge on any atom is -0.462 e. The number of esters is 4. The van der Waals surface area contributed by atoms with Crippen molar-refractivity contribution in [3.05, 3.63) is 0 Å². The first-order valence-electron chi connectivity index (χ1n) is 42.8. The van der Waals surface area contributed by atoms with Crippen LogP contribution in [0.25, 0.3) is 0 Å². The molecule has 0 aliphatic rings. The Morgan fingerprint density at radius 1 is 0.238 bits per heavy atom. The summed E-state index contributed by atoms with van der Waals surface area (Å²) < 4.78 is 68.6. The summed E-state index contributed by atoms with van der Waals surface area (Å²) in [5, 5.41) is 10.6. The van der Waals surface area contributed by atoms with E-state index in [0.29, 0.717) is 25.7 Å². The normalized spacial score (nSPS) is 13.8. The number of unbranched alkanes of at least 4 members (excludes halogenated alkanes) is 57. The standard InChI is InChI=1S/C82H160O17P2/c1-5-9-13-17-21-24-27-30-32-34-36-37-38-40-42-44-47-50-53-57-61-65-69-82(87)99-78(73-93-80(85)67-63-59-55-51-48-46-43-41-39-35-33-31-28-25-22-18-14-10-6-2)75-97-101(90,91)95-71-76(83)70-94-100(88,89)96-74-77(72-92-79(84)66-62-58-54-20-16-12-8-4)98-81(86)68-64-60-56-52-49-45-29-26-23-19-15-11-7-3/h76-78,83H,5-75H2,1-4H3,(H,88,89)(H,90,91)/t76-,77+,78+/m0/s1. The molecule has 19 heteroatoms. The predicted molar refractivity (Wildman–Crippen MR) is 414 cm³/mol. The SMILES string of the molecule is CCCCCCCCCCCCCCCCCCCCCCCCC(=O)O[C@H](COC(=O)CCCCCCCCCCCCCCCCCCCCC)COP(=O)(O)OC[C@@H](O)COP(=O)(O)OC[C@@H](COC(=O)CCCCCCCCC)OC(=O)CCCCCCCCCCCCCCC. The first-order chi connectivity index (χ1) is 49.2. The Morgan fingerprint density at radius 3 is 0.584 bits per heavy atom. The van der Waals surface area contributed by atoms with Crippen molar-refractivity contribution in [2.75, 3.05) is 39.6 Å². The highest BCUT2D eigenvalue weighted by atomic mass is 31.2. The molecule has 0 radical (unpaired) electrons.